The van der Waals surface area contributed by atoms with Crippen molar-refractivity contribution in [2.45, 2.75) is 43.7 Å². The average Bonchev–Trinajstić information content (AvgIpc) is 3.07. The predicted octanol–water partition coefficient (Wildman–Crippen LogP) is 4.13. The molecule has 1 aliphatic rings. The molecule has 0 spiro atoms. The third-order valence-electron chi connectivity index (χ3n) is 6.92. The standard InChI is InChI=1S/C30H39N5O5S/c1-18-5-6-20(24(15-29(36)37)21-12-25(32)30(34(3)33)27(13-21)38-4)11-22(18)17-35-16-19(2)40-26-14-23(39-10-9-31)7-8-28(26)41-35/h5-8,11-14,19,24H,9-10,15-17,31-33H2,1-4H3,(H,36,37). The molecule has 0 aromatic heterocycles. The number of anilines is 2. The number of ether oxygens (including phenoxy) is 3. The van der Waals surface area contributed by atoms with Gasteiger partial charge in [-0.25, -0.2) is 10.1 Å². The molecule has 7 N–H and O–H groups in total. The molecule has 41 heavy (non-hydrogen) atoms. The summed E-state index contributed by atoms with van der Waals surface area (Å²) >= 11 is 1.63. The van der Waals surface area contributed by atoms with E-state index in [1.54, 1.807) is 25.1 Å². The molecule has 1 heterocycles. The molecule has 2 atom stereocenters. The number of nitrogens with two attached hydrogens (primary N) is 3. The van der Waals surface area contributed by atoms with Crippen LogP contribution in [0.4, 0.5) is 11.4 Å². The van der Waals surface area contributed by atoms with Crippen LogP contribution in [0.15, 0.2) is 53.4 Å². The van der Waals surface area contributed by atoms with Gasteiger partial charge in [-0.1, -0.05) is 18.2 Å². The summed E-state index contributed by atoms with van der Waals surface area (Å²) in [6.45, 7) is 6.34. The van der Waals surface area contributed by atoms with Crippen LogP contribution in [-0.2, 0) is 11.3 Å². The molecule has 0 fully saturated rings. The second-order valence-corrected chi connectivity index (χ2v) is 11.3. The van der Waals surface area contributed by atoms with E-state index in [1.807, 2.05) is 43.3 Å². The van der Waals surface area contributed by atoms with Gasteiger partial charge >= 0.3 is 5.97 Å². The van der Waals surface area contributed by atoms with Crippen molar-refractivity contribution in [3.05, 3.63) is 70.8 Å². The van der Waals surface area contributed by atoms with E-state index in [1.165, 1.54) is 12.1 Å². The number of nitrogens with zero attached hydrogens (tertiary/aromatic N) is 2. The summed E-state index contributed by atoms with van der Waals surface area (Å²) in [7, 11) is 3.21. The summed E-state index contributed by atoms with van der Waals surface area (Å²) in [6, 6.07) is 15.6. The second kappa shape index (κ2) is 13.3. The summed E-state index contributed by atoms with van der Waals surface area (Å²) in [6.07, 6.45) is -0.153. The van der Waals surface area contributed by atoms with Gasteiger partial charge in [0.2, 0.25) is 0 Å². The number of hydrogen-bond acceptors (Lipinski definition) is 10. The van der Waals surface area contributed by atoms with Crippen LogP contribution in [0.3, 0.4) is 0 Å². The Morgan fingerprint density at radius 1 is 1.22 bits per heavy atom. The molecule has 3 aromatic carbocycles. The predicted molar refractivity (Wildman–Crippen MR) is 163 cm³/mol. The number of carboxylic acid groups (broad SMARTS) is 1. The fourth-order valence-electron chi connectivity index (χ4n) is 4.99. The Labute approximate surface area is 245 Å². The summed E-state index contributed by atoms with van der Waals surface area (Å²) in [5.41, 5.74) is 16.7. The van der Waals surface area contributed by atoms with Gasteiger partial charge in [-0.15, -0.1) is 0 Å². The number of hydrazine groups is 1. The Hall–Kier alpha value is -3.64. The zero-order valence-corrected chi connectivity index (χ0v) is 24.7. The quantitative estimate of drug-likeness (QED) is 0.112. The molecule has 2 unspecified atom stereocenters. The molecule has 0 aliphatic carbocycles. The highest BCUT2D eigenvalue weighted by atomic mass is 32.2. The number of carboxylic acids is 1. The Kier molecular flexibility index (Phi) is 9.87. The first kappa shape index (κ1) is 30.3. The number of hydrogen-bond donors (Lipinski definition) is 4. The lowest BCUT2D eigenvalue weighted by molar-refractivity contribution is -0.137. The highest BCUT2D eigenvalue weighted by Crippen LogP contribution is 2.41. The summed E-state index contributed by atoms with van der Waals surface area (Å²) in [4.78, 5) is 13.0. The maximum Gasteiger partial charge on any atom is 0.304 e. The van der Waals surface area contributed by atoms with Crippen LogP contribution in [0.25, 0.3) is 0 Å². The molecule has 4 rings (SSSR count). The first-order chi connectivity index (χ1) is 19.6. The zero-order valence-electron chi connectivity index (χ0n) is 23.9. The van der Waals surface area contributed by atoms with Crippen molar-refractivity contribution in [1.29, 1.82) is 0 Å². The number of rotatable bonds is 11. The van der Waals surface area contributed by atoms with Crippen LogP contribution in [0.1, 0.15) is 41.5 Å². The van der Waals surface area contributed by atoms with Crippen LogP contribution in [0, 0.1) is 6.92 Å². The molecule has 0 amide bonds. The molecular formula is C30H39N5O5S. The van der Waals surface area contributed by atoms with Crippen molar-refractivity contribution in [1.82, 2.24) is 4.31 Å². The Morgan fingerprint density at radius 3 is 2.68 bits per heavy atom. The van der Waals surface area contributed by atoms with Crippen LogP contribution >= 0.6 is 11.9 Å². The molecule has 220 valence electrons. The van der Waals surface area contributed by atoms with Gasteiger partial charge in [-0.3, -0.25) is 4.79 Å². The molecular weight excluding hydrogens is 542 g/mol. The minimum atomic E-state index is -0.907. The van der Waals surface area contributed by atoms with Crippen LogP contribution < -0.4 is 36.5 Å². The van der Waals surface area contributed by atoms with E-state index in [0.717, 1.165) is 38.6 Å². The van der Waals surface area contributed by atoms with Crippen LogP contribution in [0.2, 0.25) is 0 Å². The Bertz CT molecular complexity index is 1390. The van der Waals surface area contributed by atoms with E-state index in [2.05, 4.69) is 17.3 Å². The summed E-state index contributed by atoms with van der Waals surface area (Å²) in [5.74, 6) is 6.61. The fourth-order valence-corrected chi connectivity index (χ4v) is 6.09. The van der Waals surface area contributed by atoms with Crippen molar-refractivity contribution in [2.75, 3.05) is 44.6 Å². The molecule has 0 saturated heterocycles. The highest BCUT2D eigenvalue weighted by Gasteiger charge is 2.25. The number of fused-ring (bicyclic) bond motifs is 1. The third kappa shape index (κ3) is 7.36. The zero-order chi connectivity index (χ0) is 29.7. The number of methoxy groups -OCH3 is 1. The number of aliphatic carboxylic acids is 1. The van der Waals surface area contributed by atoms with E-state index in [4.69, 9.17) is 31.5 Å². The van der Waals surface area contributed by atoms with E-state index >= 15 is 0 Å². The van der Waals surface area contributed by atoms with Gasteiger partial charge in [0.05, 0.1) is 24.1 Å². The first-order valence-corrected chi connectivity index (χ1v) is 14.2. The van der Waals surface area contributed by atoms with Gasteiger partial charge < -0.3 is 35.8 Å². The lowest BCUT2D eigenvalue weighted by atomic mass is 9.86. The van der Waals surface area contributed by atoms with Gasteiger partial charge in [0.15, 0.2) is 0 Å². The van der Waals surface area contributed by atoms with Crippen molar-refractivity contribution < 1.29 is 24.1 Å². The van der Waals surface area contributed by atoms with E-state index < -0.39 is 11.9 Å². The molecule has 0 saturated carbocycles. The molecule has 11 heteroatoms. The monoisotopic (exact) mass is 581 g/mol. The fraction of sp³-hybridized carbons (Fsp3) is 0.367. The minimum Gasteiger partial charge on any atom is -0.494 e. The minimum absolute atomic E-state index is 0.0496. The maximum absolute atomic E-state index is 12.0. The second-order valence-electron chi connectivity index (χ2n) is 10.2. The number of aryl methyl sites for hydroxylation is 1. The molecule has 10 nitrogen and oxygen atoms in total. The van der Waals surface area contributed by atoms with E-state index in [-0.39, 0.29) is 12.5 Å². The maximum atomic E-state index is 12.0. The number of benzene rings is 3. The van der Waals surface area contributed by atoms with Crippen molar-refractivity contribution in [3.8, 4) is 17.2 Å². The van der Waals surface area contributed by atoms with Gasteiger partial charge in [-0.05, 0) is 72.3 Å². The lowest BCUT2D eigenvalue weighted by Gasteiger charge is -2.25. The highest BCUT2D eigenvalue weighted by molar-refractivity contribution is 7.97. The van der Waals surface area contributed by atoms with Gasteiger partial charge in [0.1, 0.15) is 35.6 Å². The van der Waals surface area contributed by atoms with Gasteiger partial charge in [0.25, 0.3) is 0 Å². The van der Waals surface area contributed by atoms with Crippen molar-refractivity contribution in [2.24, 2.45) is 11.6 Å². The molecule has 0 radical (unpaired) electrons. The molecule has 3 aromatic rings. The van der Waals surface area contributed by atoms with Gasteiger partial charge in [-0.2, -0.15) is 0 Å². The van der Waals surface area contributed by atoms with Crippen molar-refractivity contribution >= 4 is 29.3 Å². The molecule has 1 aliphatic heterocycles. The summed E-state index contributed by atoms with van der Waals surface area (Å²) in [5, 5.41) is 11.2. The smallest absolute Gasteiger partial charge is 0.304 e. The Morgan fingerprint density at radius 2 is 2.00 bits per heavy atom. The van der Waals surface area contributed by atoms with Crippen LogP contribution in [-0.4, -0.2) is 55.3 Å². The first-order valence-electron chi connectivity index (χ1n) is 13.4. The number of nitrogen functional groups attached to an aromatic ring is 1. The van der Waals surface area contributed by atoms with Gasteiger partial charge in [0, 0.05) is 38.7 Å². The van der Waals surface area contributed by atoms with E-state index in [0.29, 0.717) is 43.4 Å². The SMILES string of the molecule is COc1cc(C(CC(=O)O)c2ccc(C)c(CN3CC(C)Oc4cc(OCCN)ccc4S3)c2)cc(N)c1N(C)N. The van der Waals surface area contributed by atoms with Crippen molar-refractivity contribution in [3.63, 3.8) is 0 Å². The van der Waals surface area contributed by atoms with Crippen LogP contribution in [0.5, 0.6) is 17.2 Å². The average molecular weight is 582 g/mol. The third-order valence-corrected chi connectivity index (χ3v) is 7.99. The molecule has 0 bridgehead atoms. The topological polar surface area (TPSA) is 150 Å². The number of carbonyl (C=O) groups is 1. The van der Waals surface area contributed by atoms with E-state index in [9.17, 15) is 9.90 Å². The largest absolute Gasteiger partial charge is 0.494 e. The lowest BCUT2D eigenvalue weighted by Crippen LogP contribution is -2.27. The normalized spacial score (nSPS) is 15.8. The Balaban J connectivity index is 1.64. The summed E-state index contributed by atoms with van der Waals surface area (Å²) < 4.78 is 19.7.